The second-order valence-electron chi connectivity index (χ2n) is 6.09. The Morgan fingerprint density at radius 3 is 2.56 bits per heavy atom. The quantitative estimate of drug-likeness (QED) is 0.761. The fraction of sp³-hybridized carbons (Fsp3) is 0.222. The number of amides is 3. The molecule has 1 aromatic heterocycles. The summed E-state index contributed by atoms with van der Waals surface area (Å²) in [5.74, 6) is -0.699. The van der Waals surface area contributed by atoms with Gasteiger partial charge in [0.2, 0.25) is 5.91 Å². The van der Waals surface area contributed by atoms with Gasteiger partial charge in [0.1, 0.15) is 6.54 Å². The van der Waals surface area contributed by atoms with E-state index in [1.54, 1.807) is 25.4 Å². The number of pyridine rings is 1. The summed E-state index contributed by atoms with van der Waals surface area (Å²) in [6, 6.07) is 11.6. The minimum Gasteiger partial charge on any atom is -0.327 e. The van der Waals surface area contributed by atoms with Crippen LogP contribution in [0.1, 0.15) is 5.56 Å². The zero-order chi connectivity index (χ0) is 17.6. The van der Waals surface area contributed by atoms with Crippen molar-refractivity contribution in [1.82, 2.24) is 9.88 Å². The van der Waals surface area contributed by atoms with E-state index >= 15 is 0 Å². The standard InChI is InChI=1S/C18H16N4O3/c1-20-16-13(8-5-9-19-16)22-14(23)11-21(18(25)15(22)17(20)24)10-12-6-3-2-4-7-12/h2-9,15H,10-11H2,1H3. The van der Waals surface area contributed by atoms with Crippen molar-refractivity contribution in [2.75, 3.05) is 23.4 Å². The molecule has 1 unspecified atom stereocenters. The van der Waals surface area contributed by atoms with Gasteiger partial charge in [-0.05, 0) is 17.7 Å². The number of hydrogen-bond acceptors (Lipinski definition) is 4. The largest absolute Gasteiger partial charge is 0.327 e. The van der Waals surface area contributed by atoms with E-state index in [4.69, 9.17) is 0 Å². The van der Waals surface area contributed by atoms with Crippen molar-refractivity contribution in [1.29, 1.82) is 0 Å². The highest BCUT2D eigenvalue weighted by Gasteiger charge is 2.49. The van der Waals surface area contributed by atoms with Gasteiger partial charge in [-0.25, -0.2) is 4.98 Å². The molecule has 1 aromatic carbocycles. The molecule has 4 rings (SSSR count). The first-order chi connectivity index (χ1) is 12.1. The third-order valence-electron chi connectivity index (χ3n) is 4.52. The molecule has 1 saturated heterocycles. The molecular formula is C18H16N4O3. The van der Waals surface area contributed by atoms with Crippen molar-refractivity contribution in [2.24, 2.45) is 0 Å². The van der Waals surface area contributed by atoms with E-state index in [0.717, 1.165) is 5.56 Å². The maximum Gasteiger partial charge on any atom is 0.260 e. The highest BCUT2D eigenvalue weighted by molar-refractivity contribution is 6.24. The van der Waals surface area contributed by atoms with Crippen LogP contribution in [0.4, 0.5) is 11.5 Å². The summed E-state index contributed by atoms with van der Waals surface area (Å²) in [4.78, 5) is 46.6. The van der Waals surface area contributed by atoms with Gasteiger partial charge in [-0.3, -0.25) is 24.2 Å². The van der Waals surface area contributed by atoms with Crippen molar-refractivity contribution in [3.05, 3.63) is 54.2 Å². The number of carbonyl (C=O) groups excluding carboxylic acids is 3. The van der Waals surface area contributed by atoms with Crippen molar-refractivity contribution < 1.29 is 14.4 Å². The normalized spacial score (nSPS) is 19.8. The van der Waals surface area contributed by atoms with Gasteiger partial charge >= 0.3 is 0 Å². The highest BCUT2D eigenvalue weighted by Crippen LogP contribution is 2.35. The molecule has 3 amide bonds. The van der Waals surface area contributed by atoms with Crippen LogP contribution in [-0.4, -0.2) is 47.2 Å². The van der Waals surface area contributed by atoms with Crippen LogP contribution in [0.3, 0.4) is 0 Å². The Labute approximate surface area is 144 Å². The molecule has 0 bridgehead atoms. The molecule has 0 aliphatic carbocycles. The maximum absolute atomic E-state index is 12.9. The minimum absolute atomic E-state index is 0.0600. The summed E-state index contributed by atoms with van der Waals surface area (Å²) in [7, 11) is 1.57. The molecular weight excluding hydrogens is 320 g/mol. The highest BCUT2D eigenvalue weighted by atomic mass is 16.2. The first-order valence-corrected chi connectivity index (χ1v) is 7.95. The van der Waals surface area contributed by atoms with Gasteiger partial charge in [-0.15, -0.1) is 0 Å². The number of anilines is 2. The second kappa shape index (κ2) is 5.70. The van der Waals surface area contributed by atoms with Crippen LogP contribution >= 0.6 is 0 Å². The Balaban J connectivity index is 1.71. The molecule has 1 fully saturated rings. The Bertz CT molecular complexity index is 868. The molecule has 1 atom stereocenters. The van der Waals surface area contributed by atoms with Crippen LogP contribution in [-0.2, 0) is 20.9 Å². The molecule has 126 valence electrons. The van der Waals surface area contributed by atoms with Crippen LogP contribution in [0.5, 0.6) is 0 Å². The van der Waals surface area contributed by atoms with Crippen molar-refractivity contribution >= 4 is 29.2 Å². The lowest BCUT2D eigenvalue weighted by Gasteiger charge is -2.44. The van der Waals surface area contributed by atoms with Gasteiger partial charge in [-0.1, -0.05) is 30.3 Å². The number of fused-ring (bicyclic) bond motifs is 3. The number of likely N-dealkylation sites (N-methyl/N-ethyl adjacent to an activating group) is 1. The molecule has 7 heteroatoms. The van der Waals surface area contributed by atoms with Gasteiger partial charge in [0.25, 0.3) is 11.8 Å². The summed E-state index contributed by atoms with van der Waals surface area (Å²) >= 11 is 0. The smallest absolute Gasteiger partial charge is 0.260 e. The summed E-state index contributed by atoms with van der Waals surface area (Å²) in [5.41, 5.74) is 1.41. The molecule has 3 heterocycles. The van der Waals surface area contributed by atoms with E-state index < -0.39 is 11.9 Å². The molecule has 0 radical (unpaired) electrons. The van der Waals surface area contributed by atoms with E-state index in [0.29, 0.717) is 18.1 Å². The molecule has 0 saturated carbocycles. The molecule has 2 aliphatic heterocycles. The third-order valence-corrected chi connectivity index (χ3v) is 4.52. The van der Waals surface area contributed by atoms with Gasteiger partial charge in [0, 0.05) is 19.8 Å². The summed E-state index contributed by atoms with van der Waals surface area (Å²) < 4.78 is 0. The summed E-state index contributed by atoms with van der Waals surface area (Å²) in [5, 5.41) is 0. The molecule has 0 N–H and O–H groups in total. The predicted molar refractivity (Wildman–Crippen MR) is 90.8 cm³/mol. The molecule has 0 spiro atoms. The zero-order valence-electron chi connectivity index (χ0n) is 13.6. The van der Waals surface area contributed by atoms with Crippen LogP contribution in [0.25, 0.3) is 0 Å². The molecule has 2 aromatic rings. The minimum atomic E-state index is -1.16. The topological polar surface area (TPSA) is 73.8 Å². The lowest BCUT2D eigenvalue weighted by atomic mass is 10.0. The van der Waals surface area contributed by atoms with E-state index in [1.165, 1.54) is 14.7 Å². The Hall–Kier alpha value is -3.22. The molecule has 25 heavy (non-hydrogen) atoms. The van der Waals surface area contributed by atoms with E-state index in [2.05, 4.69) is 4.98 Å². The first kappa shape index (κ1) is 15.3. The van der Waals surface area contributed by atoms with Crippen LogP contribution in [0.2, 0.25) is 0 Å². The van der Waals surface area contributed by atoms with Crippen molar-refractivity contribution in [2.45, 2.75) is 12.6 Å². The van der Waals surface area contributed by atoms with Crippen molar-refractivity contribution in [3.8, 4) is 0 Å². The average molecular weight is 336 g/mol. The van der Waals surface area contributed by atoms with Crippen molar-refractivity contribution in [3.63, 3.8) is 0 Å². The maximum atomic E-state index is 12.9. The predicted octanol–water partition coefficient (Wildman–Crippen LogP) is 0.802. The van der Waals surface area contributed by atoms with E-state index in [-0.39, 0.29) is 18.4 Å². The number of rotatable bonds is 2. The Morgan fingerprint density at radius 2 is 1.80 bits per heavy atom. The van der Waals surface area contributed by atoms with Gasteiger partial charge in [-0.2, -0.15) is 0 Å². The SMILES string of the molecule is CN1C(=O)C2C(=O)N(Cc3ccccc3)CC(=O)N2c2cccnc21. The van der Waals surface area contributed by atoms with Crippen LogP contribution in [0, 0.1) is 0 Å². The number of carbonyl (C=O) groups is 3. The van der Waals surface area contributed by atoms with Gasteiger partial charge < -0.3 is 4.90 Å². The summed E-state index contributed by atoms with van der Waals surface area (Å²) in [6.45, 7) is 0.238. The Morgan fingerprint density at radius 1 is 1.04 bits per heavy atom. The average Bonchev–Trinajstić information content (AvgIpc) is 2.63. The third kappa shape index (κ3) is 2.36. The number of hydrogen-bond donors (Lipinski definition) is 0. The zero-order valence-corrected chi connectivity index (χ0v) is 13.6. The fourth-order valence-corrected chi connectivity index (χ4v) is 3.29. The van der Waals surface area contributed by atoms with Crippen LogP contribution in [0.15, 0.2) is 48.7 Å². The van der Waals surface area contributed by atoms with Crippen LogP contribution < -0.4 is 9.80 Å². The van der Waals surface area contributed by atoms with Gasteiger partial charge in [0.05, 0.1) is 5.69 Å². The second-order valence-corrected chi connectivity index (χ2v) is 6.09. The van der Waals surface area contributed by atoms with E-state index in [9.17, 15) is 14.4 Å². The van der Waals surface area contributed by atoms with Gasteiger partial charge in [0.15, 0.2) is 11.9 Å². The lowest BCUT2D eigenvalue weighted by molar-refractivity contribution is -0.146. The molecule has 2 aliphatic rings. The first-order valence-electron chi connectivity index (χ1n) is 7.95. The number of benzene rings is 1. The number of piperazine rings is 1. The monoisotopic (exact) mass is 336 g/mol. The number of aromatic nitrogens is 1. The lowest BCUT2D eigenvalue weighted by Crippen LogP contribution is -2.67. The Kier molecular flexibility index (Phi) is 3.49. The fourth-order valence-electron chi connectivity index (χ4n) is 3.29. The summed E-state index contributed by atoms with van der Waals surface area (Å²) in [6.07, 6.45) is 1.56. The number of nitrogens with zero attached hydrogens (tertiary/aromatic N) is 4. The van der Waals surface area contributed by atoms with E-state index in [1.807, 2.05) is 30.3 Å². The molecule has 7 nitrogen and oxygen atoms in total.